The van der Waals surface area contributed by atoms with Gasteiger partial charge in [-0.05, 0) is 17.7 Å². The van der Waals surface area contributed by atoms with E-state index in [1.165, 1.54) is 18.2 Å². The summed E-state index contributed by atoms with van der Waals surface area (Å²) in [6.07, 6.45) is -0.787. The van der Waals surface area contributed by atoms with Gasteiger partial charge in [-0.3, -0.25) is 0 Å². The molecule has 4 heteroatoms. The van der Waals surface area contributed by atoms with Gasteiger partial charge in [0.1, 0.15) is 5.82 Å². The Balaban J connectivity index is 2.96. The molecule has 1 N–H and O–H groups in total. The summed E-state index contributed by atoms with van der Waals surface area (Å²) in [5, 5.41) is 9.23. The van der Waals surface area contributed by atoms with Crippen molar-refractivity contribution in [2.75, 3.05) is 5.88 Å². The van der Waals surface area contributed by atoms with Crippen molar-refractivity contribution in [2.45, 2.75) is 6.10 Å². The first-order valence-corrected chi connectivity index (χ1v) is 4.25. The zero-order chi connectivity index (χ0) is 9.14. The molecule has 0 fully saturated rings. The van der Waals surface area contributed by atoms with Crippen molar-refractivity contribution in [1.82, 2.24) is 0 Å². The molecular weight excluding hydrogens is 202 g/mol. The minimum absolute atomic E-state index is 0.00309. The van der Waals surface area contributed by atoms with Crippen LogP contribution in [0, 0.1) is 5.82 Å². The van der Waals surface area contributed by atoms with E-state index in [4.69, 9.17) is 23.2 Å². The molecule has 1 aromatic rings. The SMILES string of the molecule is O[C@H](CCl)c1ccc(F)c(Cl)c1. The Morgan fingerprint density at radius 1 is 1.50 bits per heavy atom. The van der Waals surface area contributed by atoms with Crippen LogP contribution in [0.5, 0.6) is 0 Å². The Bertz CT molecular complexity index is 278. The third-order valence-corrected chi connectivity index (χ3v) is 2.06. The first-order chi connectivity index (χ1) is 5.65. The molecule has 0 aromatic heterocycles. The van der Waals surface area contributed by atoms with Gasteiger partial charge in [0, 0.05) is 0 Å². The van der Waals surface area contributed by atoms with Crippen LogP contribution in [0.1, 0.15) is 11.7 Å². The molecule has 0 amide bonds. The van der Waals surface area contributed by atoms with Crippen molar-refractivity contribution >= 4 is 23.2 Å². The molecule has 0 aliphatic heterocycles. The Morgan fingerprint density at radius 3 is 2.67 bits per heavy atom. The van der Waals surface area contributed by atoms with E-state index in [0.29, 0.717) is 5.56 Å². The summed E-state index contributed by atoms with van der Waals surface area (Å²) in [7, 11) is 0. The lowest BCUT2D eigenvalue weighted by Gasteiger charge is -2.06. The van der Waals surface area contributed by atoms with Crippen molar-refractivity contribution in [2.24, 2.45) is 0 Å². The zero-order valence-electron chi connectivity index (χ0n) is 6.10. The van der Waals surface area contributed by atoms with Gasteiger partial charge < -0.3 is 5.11 Å². The number of rotatable bonds is 2. The quantitative estimate of drug-likeness (QED) is 0.742. The average molecular weight is 209 g/mol. The molecule has 1 rings (SSSR count). The monoisotopic (exact) mass is 208 g/mol. The minimum Gasteiger partial charge on any atom is -0.387 e. The second-order valence-electron chi connectivity index (χ2n) is 2.34. The molecule has 1 nitrogen and oxygen atoms in total. The number of hydrogen-bond donors (Lipinski definition) is 1. The molecule has 0 aliphatic carbocycles. The molecule has 0 saturated carbocycles. The third-order valence-electron chi connectivity index (χ3n) is 1.47. The largest absolute Gasteiger partial charge is 0.387 e. The predicted molar refractivity (Wildman–Crippen MR) is 47.1 cm³/mol. The van der Waals surface area contributed by atoms with E-state index in [2.05, 4.69) is 0 Å². The molecule has 0 aliphatic rings. The molecule has 0 saturated heterocycles. The van der Waals surface area contributed by atoms with Crippen molar-refractivity contribution in [3.8, 4) is 0 Å². The van der Waals surface area contributed by atoms with Gasteiger partial charge in [0.25, 0.3) is 0 Å². The van der Waals surface area contributed by atoms with Crippen LogP contribution in [0.4, 0.5) is 4.39 Å². The molecule has 1 atom stereocenters. The maximum Gasteiger partial charge on any atom is 0.141 e. The van der Waals surface area contributed by atoms with Gasteiger partial charge in [-0.2, -0.15) is 0 Å². The van der Waals surface area contributed by atoms with Crippen molar-refractivity contribution in [3.63, 3.8) is 0 Å². The Kier molecular flexibility index (Phi) is 3.32. The summed E-state index contributed by atoms with van der Waals surface area (Å²) in [4.78, 5) is 0. The van der Waals surface area contributed by atoms with Crippen LogP contribution in [0.2, 0.25) is 5.02 Å². The summed E-state index contributed by atoms with van der Waals surface area (Å²) in [6.45, 7) is 0. The van der Waals surface area contributed by atoms with Gasteiger partial charge in [0.2, 0.25) is 0 Å². The molecule has 0 spiro atoms. The van der Waals surface area contributed by atoms with E-state index in [9.17, 15) is 9.50 Å². The molecule has 1 aromatic carbocycles. The van der Waals surface area contributed by atoms with E-state index in [1.807, 2.05) is 0 Å². The summed E-state index contributed by atoms with van der Waals surface area (Å²) in [6, 6.07) is 4.02. The highest BCUT2D eigenvalue weighted by molar-refractivity contribution is 6.30. The second-order valence-corrected chi connectivity index (χ2v) is 3.06. The average Bonchev–Trinajstić information content (AvgIpc) is 2.08. The summed E-state index contributed by atoms with van der Waals surface area (Å²) in [5.41, 5.74) is 0.524. The van der Waals surface area contributed by atoms with E-state index in [-0.39, 0.29) is 10.9 Å². The molecule has 12 heavy (non-hydrogen) atoms. The first-order valence-electron chi connectivity index (χ1n) is 3.34. The fourth-order valence-electron chi connectivity index (χ4n) is 0.809. The van der Waals surface area contributed by atoms with Crippen LogP contribution in [0.25, 0.3) is 0 Å². The lowest BCUT2D eigenvalue weighted by atomic mass is 10.1. The number of halogens is 3. The highest BCUT2D eigenvalue weighted by Crippen LogP contribution is 2.21. The normalized spacial score (nSPS) is 13.0. The maximum atomic E-state index is 12.6. The van der Waals surface area contributed by atoms with E-state index in [0.717, 1.165) is 0 Å². The fraction of sp³-hybridized carbons (Fsp3) is 0.250. The van der Waals surface area contributed by atoms with Crippen LogP contribution in [-0.4, -0.2) is 11.0 Å². The van der Waals surface area contributed by atoms with Crippen LogP contribution in [-0.2, 0) is 0 Å². The molecule has 0 bridgehead atoms. The third kappa shape index (κ3) is 2.09. The van der Waals surface area contributed by atoms with Gasteiger partial charge in [-0.15, -0.1) is 11.6 Å². The highest BCUT2D eigenvalue weighted by Gasteiger charge is 2.07. The zero-order valence-corrected chi connectivity index (χ0v) is 7.61. The topological polar surface area (TPSA) is 20.2 Å². The highest BCUT2D eigenvalue weighted by atomic mass is 35.5. The van der Waals surface area contributed by atoms with Crippen LogP contribution in [0.3, 0.4) is 0 Å². The van der Waals surface area contributed by atoms with Gasteiger partial charge in [-0.25, -0.2) is 4.39 Å². The first kappa shape index (κ1) is 9.78. The fourth-order valence-corrected chi connectivity index (χ4v) is 1.18. The number of hydrogen-bond acceptors (Lipinski definition) is 1. The van der Waals surface area contributed by atoms with Crippen molar-refractivity contribution in [3.05, 3.63) is 34.6 Å². The smallest absolute Gasteiger partial charge is 0.141 e. The Hall–Kier alpha value is -0.310. The van der Waals surface area contributed by atoms with E-state index < -0.39 is 11.9 Å². The van der Waals surface area contributed by atoms with Gasteiger partial charge in [0.15, 0.2) is 0 Å². The van der Waals surface area contributed by atoms with Crippen LogP contribution >= 0.6 is 23.2 Å². The lowest BCUT2D eigenvalue weighted by molar-refractivity contribution is 0.202. The van der Waals surface area contributed by atoms with Gasteiger partial charge in [0.05, 0.1) is 17.0 Å². The standard InChI is InChI=1S/C8H7Cl2FO/c9-4-8(12)5-1-2-7(11)6(10)3-5/h1-3,8,12H,4H2/t8-/m1/s1. The minimum atomic E-state index is -0.787. The van der Waals surface area contributed by atoms with Crippen molar-refractivity contribution < 1.29 is 9.50 Å². The number of aliphatic hydroxyl groups excluding tert-OH is 1. The number of benzene rings is 1. The molecule has 0 unspecified atom stereocenters. The summed E-state index contributed by atoms with van der Waals surface area (Å²) < 4.78 is 12.6. The summed E-state index contributed by atoms with van der Waals surface area (Å²) >= 11 is 10.9. The van der Waals surface area contributed by atoms with Gasteiger partial charge in [-0.1, -0.05) is 17.7 Å². The predicted octanol–water partition coefficient (Wildman–Crippen LogP) is 2.75. The van der Waals surface area contributed by atoms with E-state index in [1.54, 1.807) is 0 Å². The number of aliphatic hydroxyl groups is 1. The Morgan fingerprint density at radius 2 is 2.17 bits per heavy atom. The van der Waals surface area contributed by atoms with E-state index >= 15 is 0 Å². The van der Waals surface area contributed by atoms with Crippen molar-refractivity contribution in [1.29, 1.82) is 0 Å². The molecular formula is C8H7Cl2FO. The number of alkyl halides is 1. The molecule has 66 valence electrons. The van der Waals surface area contributed by atoms with Crippen LogP contribution in [0.15, 0.2) is 18.2 Å². The van der Waals surface area contributed by atoms with Gasteiger partial charge >= 0.3 is 0 Å². The Labute approximate surface area is 79.7 Å². The maximum absolute atomic E-state index is 12.6. The molecule has 0 heterocycles. The lowest BCUT2D eigenvalue weighted by Crippen LogP contribution is -1.98. The second kappa shape index (κ2) is 4.08. The van der Waals surface area contributed by atoms with Crippen LogP contribution < -0.4 is 0 Å². The summed E-state index contributed by atoms with van der Waals surface area (Å²) in [5.74, 6) is -0.427. The molecule has 0 radical (unpaired) electrons.